The lowest BCUT2D eigenvalue weighted by molar-refractivity contribution is -0.146. The van der Waals surface area contributed by atoms with Crippen LogP contribution in [0.1, 0.15) is 33.6 Å². The summed E-state index contributed by atoms with van der Waals surface area (Å²) >= 11 is 0. The maximum Gasteiger partial charge on any atom is 0.408 e. The van der Waals surface area contributed by atoms with Gasteiger partial charge in [-0.05, 0) is 20.3 Å². The van der Waals surface area contributed by atoms with E-state index in [1.54, 1.807) is 13.8 Å². The molecule has 15 heavy (non-hydrogen) atoms. The van der Waals surface area contributed by atoms with Gasteiger partial charge in [0.1, 0.15) is 5.54 Å². The molecule has 0 rings (SSSR count). The minimum absolute atomic E-state index is 0.361. The van der Waals surface area contributed by atoms with E-state index in [2.05, 4.69) is 10.1 Å². The van der Waals surface area contributed by atoms with Crippen LogP contribution >= 0.6 is 0 Å². The molecular weight excluding hydrogens is 198 g/mol. The zero-order valence-electron chi connectivity index (χ0n) is 9.75. The molecular formula is C10H19NO4. The Labute approximate surface area is 90.1 Å². The number of alkyl carbamates (subject to hydrolysis) is 1. The Morgan fingerprint density at radius 2 is 1.93 bits per heavy atom. The molecule has 0 aliphatic rings. The molecule has 1 amide bonds. The van der Waals surface area contributed by atoms with Crippen LogP contribution < -0.4 is 5.32 Å². The van der Waals surface area contributed by atoms with Crippen LogP contribution in [0.5, 0.6) is 0 Å². The zero-order valence-corrected chi connectivity index (χ0v) is 9.75. The Hall–Kier alpha value is -1.26. The van der Waals surface area contributed by atoms with Gasteiger partial charge < -0.3 is 14.8 Å². The highest BCUT2D eigenvalue weighted by Crippen LogP contribution is 2.04. The number of carbonyl (C=O) groups excluding carboxylic acids is 2. The molecule has 5 heteroatoms. The first-order valence-corrected chi connectivity index (χ1v) is 4.97. The van der Waals surface area contributed by atoms with Crippen molar-refractivity contribution in [3.05, 3.63) is 0 Å². The van der Waals surface area contributed by atoms with Gasteiger partial charge in [0.05, 0.1) is 13.7 Å². The summed E-state index contributed by atoms with van der Waals surface area (Å²) in [5, 5.41) is 2.43. The Bertz CT molecular complexity index is 225. The van der Waals surface area contributed by atoms with E-state index in [0.29, 0.717) is 6.61 Å². The number of rotatable bonds is 5. The van der Waals surface area contributed by atoms with Crippen molar-refractivity contribution in [2.24, 2.45) is 0 Å². The second-order valence-electron chi connectivity index (χ2n) is 3.73. The van der Waals surface area contributed by atoms with E-state index in [0.717, 1.165) is 12.8 Å². The predicted molar refractivity (Wildman–Crippen MR) is 55.5 cm³/mol. The molecule has 0 heterocycles. The molecule has 88 valence electrons. The van der Waals surface area contributed by atoms with Crippen LogP contribution in [0.25, 0.3) is 0 Å². The van der Waals surface area contributed by atoms with Gasteiger partial charge in [0, 0.05) is 0 Å². The second kappa shape index (κ2) is 6.27. The Morgan fingerprint density at radius 3 is 2.40 bits per heavy atom. The number of hydrogen-bond donors (Lipinski definition) is 1. The van der Waals surface area contributed by atoms with Crippen LogP contribution in [0.2, 0.25) is 0 Å². The van der Waals surface area contributed by atoms with Gasteiger partial charge in [-0.15, -0.1) is 0 Å². The fourth-order valence-corrected chi connectivity index (χ4v) is 0.907. The summed E-state index contributed by atoms with van der Waals surface area (Å²) in [4.78, 5) is 22.4. The third-order valence-electron chi connectivity index (χ3n) is 1.84. The molecule has 0 spiro atoms. The van der Waals surface area contributed by atoms with Crippen molar-refractivity contribution in [2.75, 3.05) is 13.7 Å². The van der Waals surface area contributed by atoms with Gasteiger partial charge in [0.25, 0.3) is 0 Å². The van der Waals surface area contributed by atoms with E-state index in [1.807, 2.05) is 6.92 Å². The number of ether oxygens (including phenoxy) is 2. The van der Waals surface area contributed by atoms with Crippen molar-refractivity contribution in [1.82, 2.24) is 5.32 Å². The largest absolute Gasteiger partial charge is 0.467 e. The lowest BCUT2D eigenvalue weighted by Gasteiger charge is -2.22. The normalized spacial score (nSPS) is 10.7. The Kier molecular flexibility index (Phi) is 5.74. The minimum atomic E-state index is -1.06. The Balaban J connectivity index is 3.99. The topological polar surface area (TPSA) is 64.6 Å². The molecule has 0 aromatic heterocycles. The number of nitrogens with one attached hydrogen (secondary N) is 1. The highest BCUT2D eigenvalue weighted by molar-refractivity contribution is 5.84. The quantitative estimate of drug-likeness (QED) is 0.559. The summed E-state index contributed by atoms with van der Waals surface area (Å²) in [6.07, 6.45) is 1.17. The molecule has 0 unspecified atom stereocenters. The van der Waals surface area contributed by atoms with Crippen LogP contribution in [0.4, 0.5) is 4.79 Å². The highest BCUT2D eigenvalue weighted by atomic mass is 16.6. The number of carbonyl (C=O) groups is 2. The molecule has 1 N–H and O–H groups in total. The Morgan fingerprint density at radius 1 is 1.33 bits per heavy atom. The molecule has 0 aromatic carbocycles. The van der Waals surface area contributed by atoms with Crippen molar-refractivity contribution in [3.63, 3.8) is 0 Å². The summed E-state index contributed by atoms with van der Waals surface area (Å²) in [5.74, 6) is -0.505. The van der Waals surface area contributed by atoms with Crippen molar-refractivity contribution in [3.8, 4) is 0 Å². The molecule has 0 saturated heterocycles. The van der Waals surface area contributed by atoms with E-state index in [4.69, 9.17) is 4.74 Å². The fraction of sp³-hybridized carbons (Fsp3) is 0.800. The lowest BCUT2D eigenvalue weighted by atomic mass is 10.1. The molecule has 0 aliphatic carbocycles. The van der Waals surface area contributed by atoms with E-state index in [-0.39, 0.29) is 0 Å². The molecule has 0 bridgehead atoms. The molecule has 0 atom stereocenters. The predicted octanol–water partition coefficient (Wildman–Crippen LogP) is 1.46. The number of methoxy groups -OCH3 is 1. The van der Waals surface area contributed by atoms with Crippen LogP contribution in [0.15, 0.2) is 0 Å². The summed E-state index contributed by atoms with van der Waals surface area (Å²) in [7, 11) is 1.27. The lowest BCUT2D eigenvalue weighted by Crippen LogP contribution is -2.50. The van der Waals surface area contributed by atoms with Crippen LogP contribution in [0, 0.1) is 0 Å². The van der Waals surface area contributed by atoms with Crippen LogP contribution in [0.3, 0.4) is 0 Å². The molecule has 0 aliphatic heterocycles. The first-order chi connectivity index (χ1) is 6.94. The maximum absolute atomic E-state index is 11.2. The third-order valence-corrected chi connectivity index (χ3v) is 1.84. The number of esters is 1. The summed E-state index contributed by atoms with van der Waals surface area (Å²) < 4.78 is 9.39. The number of hydrogen-bond acceptors (Lipinski definition) is 4. The van der Waals surface area contributed by atoms with Gasteiger partial charge in [-0.1, -0.05) is 13.3 Å². The van der Waals surface area contributed by atoms with Gasteiger partial charge in [0.15, 0.2) is 0 Å². The molecule has 5 nitrogen and oxygen atoms in total. The summed E-state index contributed by atoms with van der Waals surface area (Å²) in [6, 6.07) is 0. The molecule has 0 fully saturated rings. The van der Waals surface area contributed by atoms with Gasteiger partial charge in [-0.3, -0.25) is 0 Å². The highest BCUT2D eigenvalue weighted by Gasteiger charge is 2.30. The van der Waals surface area contributed by atoms with Crippen molar-refractivity contribution >= 4 is 12.1 Å². The van der Waals surface area contributed by atoms with E-state index in [9.17, 15) is 9.59 Å². The average molecular weight is 217 g/mol. The average Bonchev–Trinajstić information content (AvgIpc) is 2.16. The first-order valence-electron chi connectivity index (χ1n) is 4.97. The maximum atomic E-state index is 11.2. The molecule has 0 radical (unpaired) electrons. The minimum Gasteiger partial charge on any atom is -0.467 e. The zero-order chi connectivity index (χ0) is 11.9. The van der Waals surface area contributed by atoms with Crippen LogP contribution in [-0.2, 0) is 14.3 Å². The monoisotopic (exact) mass is 217 g/mol. The van der Waals surface area contributed by atoms with Gasteiger partial charge >= 0.3 is 12.1 Å². The van der Waals surface area contributed by atoms with E-state index in [1.165, 1.54) is 7.11 Å². The van der Waals surface area contributed by atoms with Crippen molar-refractivity contribution < 1.29 is 19.1 Å². The van der Waals surface area contributed by atoms with Crippen molar-refractivity contribution in [1.29, 1.82) is 0 Å². The first kappa shape index (κ1) is 13.7. The summed E-state index contributed by atoms with van der Waals surface area (Å²) in [5.41, 5.74) is -1.06. The van der Waals surface area contributed by atoms with Crippen LogP contribution in [-0.4, -0.2) is 31.3 Å². The standard InChI is InChI=1S/C10H19NO4/c1-5-6-7-15-9(13)11-10(2,3)8(12)14-4/h5-7H2,1-4H3,(H,11,13). The van der Waals surface area contributed by atoms with Gasteiger partial charge in [0.2, 0.25) is 0 Å². The molecule has 0 saturated carbocycles. The fourth-order valence-electron chi connectivity index (χ4n) is 0.907. The summed E-state index contributed by atoms with van der Waals surface area (Å²) in [6.45, 7) is 5.47. The van der Waals surface area contributed by atoms with E-state index < -0.39 is 17.6 Å². The van der Waals surface area contributed by atoms with Gasteiger partial charge in [-0.25, -0.2) is 9.59 Å². The number of amides is 1. The molecule has 0 aromatic rings. The second-order valence-corrected chi connectivity index (χ2v) is 3.73. The number of unbranched alkanes of at least 4 members (excludes halogenated alkanes) is 1. The van der Waals surface area contributed by atoms with E-state index >= 15 is 0 Å². The SMILES string of the molecule is CCCCOC(=O)NC(C)(C)C(=O)OC. The van der Waals surface area contributed by atoms with Crippen molar-refractivity contribution in [2.45, 2.75) is 39.2 Å². The smallest absolute Gasteiger partial charge is 0.408 e. The third kappa shape index (κ3) is 5.24. The van der Waals surface area contributed by atoms with Gasteiger partial charge in [-0.2, -0.15) is 0 Å².